The molecule has 2 aromatic rings. The second kappa shape index (κ2) is 4.49. The molecule has 1 aromatic heterocycles. The first kappa shape index (κ1) is 10.9. The van der Waals surface area contributed by atoms with Crippen LogP contribution >= 0.6 is 11.6 Å². The van der Waals surface area contributed by atoms with Crippen LogP contribution in [0, 0.1) is 6.92 Å². The van der Waals surface area contributed by atoms with Crippen LogP contribution in [0.1, 0.15) is 17.1 Å². The van der Waals surface area contributed by atoms with Crippen molar-refractivity contribution in [1.82, 2.24) is 9.97 Å². The van der Waals surface area contributed by atoms with Crippen LogP contribution in [0.4, 0.5) is 5.69 Å². The Morgan fingerprint density at radius 1 is 1.19 bits per heavy atom. The van der Waals surface area contributed by atoms with E-state index in [-0.39, 0.29) is 0 Å². The predicted molar refractivity (Wildman–Crippen MR) is 65.4 cm³/mol. The minimum absolute atomic E-state index is 0.332. The smallest absolute Gasteiger partial charge is 0.155 e. The van der Waals surface area contributed by atoms with Gasteiger partial charge in [0, 0.05) is 6.42 Å². The highest BCUT2D eigenvalue weighted by atomic mass is 35.5. The number of rotatable bonds is 2. The molecule has 82 valence electrons. The van der Waals surface area contributed by atoms with Crippen LogP contribution in [0.5, 0.6) is 0 Å². The van der Waals surface area contributed by atoms with E-state index in [0.29, 0.717) is 23.1 Å². The van der Waals surface area contributed by atoms with Crippen molar-refractivity contribution in [2.45, 2.75) is 13.3 Å². The highest BCUT2D eigenvalue weighted by molar-refractivity contribution is 6.31. The zero-order valence-corrected chi connectivity index (χ0v) is 9.70. The van der Waals surface area contributed by atoms with Gasteiger partial charge >= 0.3 is 0 Å². The molecule has 3 nitrogen and oxygen atoms in total. The quantitative estimate of drug-likeness (QED) is 0.812. The summed E-state index contributed by atoms with van der Waals surface area (Å²) in [6.07, 6.45) is 0.668. The van der Waals surface area contributed by atoms with Crippen molar-refractivity contribution >= 4 is 17.3 Å². The molecule has 0 aliphatic heterocycles. The minimum atomic E-state index is 0.332. The van der Waals surface area contributed by atoms with Gasteiger partial charge in [0.1, 0.15) is 5.82 Å². The molecule has 0 bridgehead atoms. The Morgan fingerprint density at radius 2 is 1.88 bits per heavy atom. The number of aromatic nitrogens is 2. The highest BCUT2D eigenvalue weighted by Gasteiger charge is 2.06. The van der Waals surface area contributed by atoms with Crippen LogP contribution in [-0.2, 0) is 6.42 Å². The van der Waals surface area contributed by atoms with Crippen LogP contribution in [0.3, 0.4) is 0 Å². The third-order valence-corrected chi connectivity index (χ3v) is 2.63. The van der Waals surface area contributed by atoms with Gasteiger partial charge in [0.2, 0.25) is 0 Å². The van der Waals surface area contributed by atoms with Gasteiger partial charge in [0.25, 0.3) is 0 Å². The molecule has 0 saturated carbocycles. The Bertz CT molecular complexity index is 474. The van der Waals surface area contributed by atoms with E-state index in [1.807, 2.05) is 37.3 Å². The third kappa shape index (κ3) is 2.31. The lowest BCUT2D eigenvalue weighted by Crippen LogP contribution is -2.03. The maximum atomic E-state index is 5.91. The van der Waals surface area contributed by atoms with Gasteiger partial charge in [-0.3, -0.25) is 0 Å². The van der Waals surface area contributed by atoms with Gasteiger partial charge in [-0.15, -0.1) is 0 Å². The van der Waals surface area contributed by atoms with E-state index in [1.54, 1.807) is 0 Å². The first-order valence-corrected chi connectivity index (χ1v) is 5.37. The predicted octanol–water partition coefficient (Wildman–Crippen LogP) is 2.61. The molecule has 0 unspecified atom stereocenters. The molecule has 0 saturated heterocycles. The highest BCUT2D eigenvalue weighted by Crippen LogP contribution is 2.19. The number of halogens is 1. The fourth-order valence-corrected chi connectivity index (χ4v) is 1.69. The molecule has 2 N–H and O–H groups in total. The summed E-state index contributed by atoms with van der Waals surface area (Å²) in [4.78, 5) is 8.47. The van der Waals surface area contributed by atoms with Gasteiger partial charge in [-0.2, -0.15) is 0 Å². The molecular formula is C12H12ClN3. The zero-order valence-electron chi connectivity index (χ0n) is 8.94. The Kier molecular flexibility index (Phi) is 3.06. The lowest BCUT2D eigenvalue weighted by Gasteiger charge is -2.05. The molecule has 0 radical (unpaired) electrons. The van der Waals surface area contributed by atoms with Crippen molar-refractivity contribution in [3.8, 4) is 0 Å². The van der Waals surface area contributed by atoms with Gasteiger partial charge in [-0.25, -0.2) is 9.97 Å². The molecule has 2 rings (SSSR count). The fourth-order valence-electron chi connectivity index (χ4n) is 1.46. The molecule has 0 spiro atoms. The van der Waals surface area contributed by atoms with Crippen LogP contribution in [0.2, 0.25) is 5.15 Å². The largest absolute Gasteiger partial charge is 0.395 e. The van der Waals surface area contributed by atoms with Gasteiger partial charge in [0.15, 0.2) is 5.15 Å². The minimum Gasteiger partial charge on any atom is -0.395 e. The normalized spacial score (nSPS) is 10.4. The summed E-state index contributed by atoms with van der Waals surface area (Å²) in [5.74, 6) is 0.697. The SMILES string of the molecule is Cc1nc(Cc2ccccc2)nc(Cl)c1N. The van der Waals surface area contributed by atoms with Crippen molar-refractivity contribution in [3.05, 3.63) is 52.6 Å². The Morgan fingerprint density at radius 3 is 2.50 bits per heavy atom. The third-order valence-electron chi connectivity index (χ3n) is 2.34. The Labute approximate surface area is 99.3 Å². The zero-order chi connectivity index (χ0) is 11.5. The van der Waals surface area contributed by atoms with E-state index in [1.165, 1.54) is 0 Å². The molecule has 0 aliphatic carbocycles. The van der Waals surface area contributed by atoms with Crippen LogP contribution in [-0.4, -0.2) is 9.97 Å². The number of nitrogens with two attached hydrogens (primary N) is 1. The molecular weight excluding hydrogens is 222 g/mol. The second-order valence-electron chi connectivity index (χ2n) is 3.59. The first-order valence-electron chi connectivity index (χ1n) is 4.99. The summed E-state index contributed by atoms with van der Waals surface area (Å²) in [5, 5.41) is 0.332. The summed E-state index contributed by atoms with van der Waals surface area (Å²) in [7, 11) is 0. The monoisotopic (exact) mass is 233 g/mol. The fraction of sp³-hybridized carbons (Fsp3) is 0.167. The molecule has 0 aliphatic rings. The van der Waals surface area contributed by atoms with Crippen molar-refractivity contribution < 1.29 is 0 Å². The molecule has 1 aromatic carbocycles. The van der Waals surface area contributed by atoms with Crippen LogP contribution < -0.4 is 5.73 Å². The topological polar surface area (TPSA) is 51.8 Å². The average molecular weight is 234 g/mol. The summed E-state index contributed by atoms with van der Waals surface area (Å²) < 4.78 is 0. The van der Waals surface area contributed by atoms with Crippen molar-refractivity contribution in [2.24, 2.45) is 0 Å². The maximum absolute atomic E-state index is 5.91. The van der Waals surface area contributed by atoms with Gasteiger partial charge < -0.3 is 5.73 Å². The second-order valence-corrected chi connectivity index (χ2v) is 3.95. The number of hydrogen-bond acceptors (Lipinski definition) is 3. The van der Waals surface area contributed by atoms with E-state index < -0.39 is 0 Å². The first-order chi connectivity index (χ1) is 7.66. The van der Waals surface area contributed by atoms with Gasteiger partial charge in [-0.1, -0.05) is 41.9 Å². The standard InChI is InChI=1S/C12H12ClN3/c1-8-11(14)12(13)16-10(15-8)7-9-5-3-2-4-6-9/h2-6H,7,14H2,1H3. The van der Waals surface area contributed by atoms with E-state index in [4.69, 9.17) is 17.3 Å². The Balaban J connectivity index is 2.29. The summed E-state index contributed by atoms with van der Waals surface area (Å²) in [6.45, 7) is 1.83. The van der Waals surface area contributed by atoms with Crippen molar-refractivity contribution in [1.29, 1.82) is 0 Å². The molecule has 0 atom stereocenters. The van der Waals surface area contributed by atoms with Crippen molar-refractivity contribution in [3.63, 3.8) is 0 Å². The van der Waals surface area contributed by atoms with Gasteiger partial charge in [0.05, 0.1) is 11.4 Å². The van der Waals surface area contributed by atoms with E-state index in [0.717, 1.165) is 11.3 Å². The van der Waals surface area contributed by atoms with E-state index in [9.17, 15) is 0 Å². The van der Waals surface area contributed by atoms with E-state index in [2.05, 4.69) is 9.97 Å². The lowest BCUT2D eigenvalue weighted by atomic mass is 10.1. The Hall–Kier alpha value is -1.61. The molecule has 4 heteroatoms. The molecule has 1 heterocycles. The molecule has 0 amide bonds. The number of nitrogen functional groups attached to an aromatic ring is 1. The number of anilines is 1. The van der Waals surface area contributed by atoms with Crippen molar-refractivity contribution in [2.75, 3.05) is 5.73 Å². The molecule has 16 heavy (non-hydrogen) atoms. The average Bonchev–Trinajstić information content (AvgIpc) is 2.27. The number of hydrogen-bond donors (Lipinski definition) is 1. The van der Waals surface area contributed by atoms with E-state index >= 15 is 0 Å². The number of aryl methyl sites for hydroxylation is 1. The summed E-state index contributed by atoms with van der Waals surface area (Å²) >= 11 is 5.91. The number of benzene rings is 1. The molecule has 0 fully saturated rings. The maximum Gasteiger partial charge on any atom is 0.155 e. The van der Waals surface area contributed by atoms with Crippen LogP contribution in [0.25, 0.3) is 0 Å². The summed E-state index contributed by atoms with van der Waals surface area (Å²) in [5.41, 5.74) is 8.03. The summed E-state index contributed by atoms with van der Waals surface area (Å²) in [6, 6.07) is 10.0. The van der Waals surface area contributed by atoms with Gasteiger partial charge in [-0.05, 0) is 12.5 Å². The lowest BCUT2D eigenvalue weighted by molar-refractivity contribution is 0.946. The number of nitrogens with zero attached hydrogens (tertiary/aromatic N) is 2. The van der Waals surface area contributed by atoms with Crippen LogP contribution in [0.15, 0.2) is 30.3 Å².